The normalized spacial score (nSPS) is 13.8. The highest BCUT2D eigenvalue weighted by atomic mass is 35.5. The predicted molar refractivity (Wildman–Crippen MR) is 103 cm³/mol. The van der Waals surface area contributed by atoms with E-state index in [1.807, 2.05) is 24.3 Å². The molecule has 3 N–H and O–H groups in total. The molecule has 1 saturated carbocycles. The maximum absolute atomic E-state index is 12.2. The van der Waals surface area contributed by atoms with Gasteiger partial charge in [-0.25, -0.2) is 0 Å². The number of nitrogens with one attached hydrogen (secondary N) is 1. The van der Waals surface area contributed by atoms with Gasteiger partial charge in [0.1, 0.15) is 12.4 Å². The highest BCUT2D eigenvalue weighted by Gasteiger charge is 2.28. The molecule has 1 aromatic heterocycles. The van der Waals surface area contributed by atoms with E-state index in [0.717, 1.165) is 5.56 Å². The summed E-state index contributed by atoms with van der Waals surface area (Å²) in [7, 11) is 0. The Morgan fingerprint density at radius 2 is 2.08 bits per heavy atom. The average Bonchev–Trinajstić information content (AvgIpc) is 3.44. The van der Waals surface area contributed by atoms with E-state index in [1.165, 1.54) is 12.8 Å². The van der Waals surface area contributed by atoms with E-state index >= 15 is 0 Å². The predicted octanol–water partition coefficient (Wildman–Crippen LogP) is 2.97. The van der Waals surface area contributed by atoms with Crippen molar-refractivity contribution < 1.29 is 9.53 Å². The quantitative estimate of drug-likeness (QED) is 0.770. The van der Waals surface area contributed by atoms with Crippen LogP contribution in [0.4, 0.5) is 0 Å². The smallest absolute Gasteiger partial charge is 0.251 e. The zero-order valence-electron chi connectivity index (χ0n) is 13.8. The van der Waals surface area contributed by atoms with E-state index in [9.17, 15) is 4.79 Å². The van der Waals surface area contributed by atoms with E-state index in [2.05, 4.69) is 10.3 Å². The van der Waals surface area contributed by atoms with Crippen LogP contribution in [0.5, 0.6) is 5.75 Å². The third kappa shape index (κ3) is 6.53. The Bertz CT molecular complexity index is 666. The molecule has 1 unspecified atom stereocenters. The lowest BCUT2D eigenvalue weighted by Crippen LogP contribution is -2.38. The number of carbonyl (C=O) groups excluding carboxylic acids is 1. The number of halogens is 2. The molecular weight excluding hydrogens is 361 g/mol. The Kier molecular flexibility index (Phi) is 8.69. The fraction of sp³-hybridized carbons (Fsp3) is 0.333. The second kappa shape index (κ2) is 10.2. The average molecular weight is 384 g/mol. The molecular formula is C18H23Cl2N3O2. The van der Waals surface area contributed by atoms with Gasteiger partial charge in [0.05, 0.1) is 0 Å². The summed E-state index contributed by atoms with van der Waals surface area (Å²) in [4.78, 5) is 16.2. The lowest BCUT2D eigenvalue weighted by atomic mass is 10.1. The SMILES string of the molecule is Cl.Cl.NC(CNC(=O)c1cccc(OCc2cccnc2)c1)C1CC1. The number of rotatable bonds is 7. The minimum Gasteiger partial charge on any atom is -0.489 e. The van der Waals surface area contributed by atoms with Gasteiger partial charge in [-0.3, -0.25) is 9.78 Å². The molecule has 1 amide bonds. The highest BCUT2D eigenvalue weighted by molar-refractivity contribution is 5.94. The van der Waals surface area contributed by atoms with Crippen molar-refractivity contribution in [1.82, 2.24) is 10.3 Å². The topological polar surface area (TPSA) is 77.2 Å². The molecule has 1 aromatic carbocycles. The summed E-state index contributed by atoms with van der Waals surface area (Å²) >= 11 is 0. The van der Waals surface area contributed by atoms with Crippen LogP contribution in [0.3, 0.4) is 0 Å². The van der Waals surface area contributed by atoms with Crippen molar-refractivity contribution in [3.05, 3.63) is 59.9 Å². The van der Waals surface area contributed by atoms with Gasteiger partial charge in [-0.1, -0.05) is 12.1 Å². The Morgan fingerprint density at radius 3 is 2.76 bits per heavy atom. The zero-order chi connectivity index (χ0) is 16.1. The lowest BCUT2D eigenvalue weighted by molar-refractivity contribution is 0.0950. The molecule has 1 aliphatic rings. The number of hydrogen-bond acceptors (Lipinski definition) is 4. The molecule has 0 aliphatic heterocycles. The largest absolute Gasteiger partial charge is 0.489 e. The summed E-state index contributed by atoms with van der Waals surface area (Å²) in [6.45, 7) is 0.940. The van der Waals surface area contributed by atoms with Crippen LogP contribution in [0, 0.1) is 5.92 Å². The first-order valence-corrected chi connectivity index (χ1v) is 7.88. The molecule has 136 valence electrons. The Labute approximate surface area is 160 Å². The first kappa shape index (κ1) is 21.2. The van der Waals surface area contributed by atoms with Crippen LogP contribution >= 0.6 is 24.8 Å². The second-order valence-electron chi connectivity index (χ2n) is 5.89. The molecule has 7 heteroatoms. The molecule has 0 saturated heterocycles. The first-order chi connectivity index (χ1) is 11.2. The summed E-state index contributed by atoms with van der Waals surface area (Å²) in [6.07, 6.45) is 5.83. The number of ether oxygens (including phenoxy) is 1. The zero-order valence-corrected chi connectivity index (χ0v) is 15.4. The molecule has 1 aliphatic carbocycles. The van der Waals surface area contributed by atoms with Crippen LogP contribution in [0.1, 0.15) is 28.8 Å². The number of aromatic nitrogens is 1. The van der Waals surface area contributed by atoms with Crippen LogP contribution in [-0.2, 0) is 6.61 Å². The van der Waals surface area contributed by atoms with E-state index < -0.39 is 0 Å². The third-order valence-electron chi connectivity index (χ3n) is 3.95. The van der Waals surface area contributed by atoms with Gasteiger partial charge < -0.3 is 15.8 Å². The maximum Gasteiger partial charge on any atom is 0.251 e. The van der Waals surface area contributed by atoms with Gasteiger partial charge in [-0.15, -0.1) is 24.8 Å². The number of carbonyl (C=O) groups is 1. The maximum atomic E-state index is 12.2. The van der Waals surface area contributed by atoms with Crippen LogP contribution in [-0.4, -0.2) is 23.5 Å². The van der Waals surface area contributed by atoms with Crippen LogP contribution in [0.25, 0.3) is 0 Å². The van der Waals surface area contributed by atoms with Crippen molar-refractivity contribution in [2.45, 2.75) is 25.5 Å². The molecule has 25 heavy (non-hydrogen) atoms. The van der Waals surface area contributed by atoms with Gasteiger partial charge >= 0.3 is 0 Å². The third-order valence-corrected chi connectivity index (χ3v) is 3.95. The van der Waals surface area contributed by atoms with Crippen molar-refractivity contribution in [3.8, 4) is 5.75 Å². The van der Waals surface area contributed by atoms with Crippen molar-refractivity contribution in [2.75, 3.05) is 6.54 Å². The molecule has 5 nitrogen and oxygen atoms in total. The molecule has 0 radical (unpaired) electrons. The van der Waals surface area contributed by atoms with Crippen molar-refractivity contribution in [2.24, 2.45) is 11.7 Å². The van der Waals surface area contributed by atoms with Crippen LogP contribution in [0.2, 0.25) is 0 Å². The molecule has 3 rings (SSSR count). The standard InChI is InChI=1S/C18H21N3O2.2ClH/c19-17(14-6-7-14)11-21-18(22)15-4-1-5-16(9-15)23-12-13-3-2-8-20-10-13;;/h1-5,8-10,14,17H,6-7,11-12,19H2,(H,21,22);2*1H. The number of benzene rings is 1. The lowest BCUT2D eigenvalue weighted by Gasteiger charge is -2.12. The monoisotopic (exact) mass is 383 g/mol. The van der Waals surface area contributed by atoms with Gasteiger partial charge in [0.15, 0.2) is 0 Å². The molecule has 1 atom stereocenters. The number of amides is 1. The second-order valence-corrected chi connectivity index (χ2v) is 5.89. The van der Waals surface area contributed by atoms with Gasteiger partial charge in [-0.2, -0.15) is 0 Å². The molecule has 0 bridgehead atoms. The Hall–Kier alpha value is -1.82. The van der Waals surface area contributed by atoms with Gasteiger partial charge in [0, 0.05) is 36.1 Å². The summed E-state index contributed by atoms with van der Waals surface area (Å²) in [5.74, 6) is 1.12. The van der Waals surface area contributed by atoms with E-state index in [0.29, 0.717) is 30.4 Å². The minimum absolute atomic E-state index is 0. The minimum atomic E-state index is -0.118. The molecule has 1 heterocycles. The van der Waals surface area contributed by atoms with E-state index in [4.69, 9.17) is 10.5 Å². The van der Waals surface area contributed by atoms with Gasteiger partial charge in [0.25, 0.3) is 5.91 Å². The van der Waals surface area contributed by atoms with Gasteiger partial charge in [0.2, 0.25) is 0 Å². The number of hydrogen-bond donors (Lipinski definition) is 2. The summed E-state index contributed by atoms with van der Waals surface area (Å²) in [5, 5.41) is 2.89. The van der Waals surface area contributed by atoms with Crippen LogP contribution < -0.4 is 15.8 Å². The Balaban J connectivity index is 0.00000156. The fourth-order valence-electron chi connectivity index (χ4n) is 2.38. The number of nitrogens with two attached hydrogens (primary N) is 1. The number of nitrogens with zero attached hydrogens (tertiary/aromatic N) is 1. The molecule has 1 fully saturated rings. The summed E-state index contributed by atoms with van der Waals surface area (Å²) in [5.41, 5.74) is 7.57. The number of pyridine rings is 1. The summed E-state index contributed by atoms with van der Waals surface area (Å²) in [6, 6.07) is 11.0. The highest BCUT2D eigenvalue weighted by Crippen LogP contribution is 2.31. The van der Waals surface area contributed by atoms with Crippen molar-refractivity contribution in [3.63, 3.8) is 0 Å². The van der Waals surface area contributed by atoms with Crippen molar-refractivity contribution >= 4 is 30.7 Å². The van der Waals surface area contributed by atoms with Crippen molar-refractivity contribution in [1.29, 1.82) is 0 Å². The molecule has 0 spiro atoms. The van der Waals surface area contributed by atoms with Gasteiger partial charge in [-0.05, 0) is 43.0 Å². The Morgan fingerprint density at radius 1 is 1.28 bits per heavy atom. The van der Waals surface area contributed by atoms with E-state index in [1.54, 1.807) is 24.5 Å². The fourth-order valence-corrected chi connectivity index (χ4v) is 2.38. The molecule has 2 aromatic rings. The summed E-state index contributed by atoms with van der Waals surface area (Å²) < 4.78 is 5.71. The first-order valence-electron chi connectivity index (χ1n) is 7.88. The van der Waals surface area contributed by atoms with E-state index in [-0.39, 0.29) is 36.8 Å². The van der Waals surface area contributed by atoms with Crippen LogP contribution in [0.15, 0.2) is 48.8 Å².